The molecule has 1 atom stereocenters. The molecule has 1 aromatic heterocycles. The van der Waals surface area contributed by atoms with E-state index < -0.39 is 12.0 Å². The molecule has 0 saturated carbocycles. The van der Waals surface area contributed by atoms with Crippen molar-refractivity contribution in [3.05, 3.63) is 77.4 Å². The number of methoxy groups -OCH3 is 2. The van der Waals surface area contributed by atoms with Crippen molar-refractivity contribution in [1.29, 1.82) is 5.26 Å². The maximum Gasteiger partial charge on any atom is 0.337 e. The van der Waals surface area contributed by atoms with Gasteiger partial charge in [-0.3, -0.25) is 9.36 Å². The quantitative estimate of drug-likeness (QED) is 0.313. The Bertz CT molecular complexity index is 1690. The largest absolute Gasteiger partial charge is 0.493 e. The van der Waals surface area contributed by atoms with Gasteiger partial charge in [-0.25, -0.2) is 9.79 Å². The number of fused-ring (bicyclic) bond motifs is 1. The number of benzene rings is 2. The lowest BCUT2D eigenvalue weighted by molar-refractivity contribution is -0.136. The van der Waals surface area contributed by atoms with E-state index in [1.807, 2.05) is 19.9 Å². The molecule has 1 aliphatic heterocycles. The fourth-order valence-electron chi connectivity index (χ4n) is 4.17. The standard InChI is InChI=1S/C28H26BrN3O7S/c1-5-37-20-8-7-16(11-22(20)38-6-2)25-18(27(34)36-4)15-31-28-32(25)26(33)24(40-28)13-17-12-21(35-3)23(14-19(17)29)39-10-9-30/h7-8,11-15,25H,5-6,10H2,1-4H3/b24-13-/t25-/m0/s1. The Morgan fingerprint density at radius 1 is 1.10 bits per heavy atom. The number of halogens is 1. The number of hydrogen-bond acceptors (Lipinski definition) is 10. The highest BCUT2D eigenvalue weighted by molar-refractivity contribution is 9.10. The zero-order valence-electron chi connectivity index (χ0n) is 22.2. The average molecular weight is 629 g/mol. The number of rotatable bonds is 10. The predicted octanol–water partition coefficient (Wildman–Crippen LogP) is 3.49. The molecule has 2 heterocycles. The average Bonchev–Trinajstić information content (AvgIpc) is 3.28. The normalized spacial score (nSPS) is 14.3. The van der Waals surface area contributed by atoms with Crippen LogP contribution in [0.1, 0.15) is 31.0 Å². The third-order valence-electron chi connectivity index (χ3n) is 5.87. The van der Waals surface area contributed by atoms with E-state index in [1.54, 1.807) is 36.4 Å². The Hall–Kier alpha value is -4.08. The molecule has 0 radical (unpaired) electrons. The van der Waals surface area contributed by atoms with Crippen molar-refractivity contribution in [2.45, 2.75) is 19.9 Å². The molecular formula is C28H26BrN3O7S. The summed E-state index contributed by atoms with van der Waals surface area (Å²) in [6.45, 7) is 4.46. The van der Waals surface area contributed by atoms with Gasteiger partial charge in [-0.1, -0.05) is 33.3 Å². The Balaban J connectivity index is 1.88. The van der Waals surface area contributed by atoms with Gasteiger partial charge in [-0.2, -0.15) is 5.26 Å². The number of nitriles is 1. The van der Waals surface area contributed by atoms with E-state index in [2.05, 4.69) is 20.9 Å². The summed E-state index contributed by atoms with van der Waals surface area (Å²) in [5.41, 5.74) is 1.14. The van der Waals surface area contributed by atoms with Gasteiger partial charge in [0.15, 0.2) is 34.4 Å². The SMILES string of the molecule is CCOc1ccc([C@H]2C(C(=O)OC)=CN=c3s/c(=C\c4cc(OC)c(OCC#N)cc4Br)c(=O)n32)cc1OCC. The fraction of sp³-hybridized carbons (Fsp3) is 0.286. The molecule has 208 valence electrons. The van der Waals surface area contributed by atoms with Gasteiger partial charge in [0.1, 0.15) is 6.07 Å². The summed E-state index contributed by atoms with van der Waals surface area (Å²) in [4.78, 5) is 31.5. The Labute approximate surface area is 242 Å². The number of carbonyl (C=O) groups is 1. The van der Waals surface area contributed by atoms with E-state index in [1.165, 1.54) is 36.3 Å². The van der Waals surface area contributed by atoms with E-state index in [4.69, 9.17) is 28.9 Å². The van der Waals surface area contributed by atoms with Gasteiger partial charge in [0, 0.05) is 10.7 Å². The predicted molar refractivity (Wildman–Crippen MR) is 152 cm³/mol. The second-order valence-corrected chi connectivity index (χ2v) is 10.1. The third kappa shape index (κ3) is 5.76. The molecule has 0 aliphatic carbocycles. The van der Waals surface area contributed by atoms with Crippen LogP contribution in [0.4, 0.5) is 0 Å². The highest BCUT2D eigenvalue weighted by Crippen LogP contribution is 2.36. The Morgan fingerprint density at radius 3 is 2.50 bits per heavy atom. The van der Waals surface area contributed by atoms with Crippen molar-refractivity contribution < 1.29 is 28.5 Å². The van der Waals surface area contributed by atoms with Crippen LogP contribution in [0.2, 0.25) is 0 Å². The summed E-state index contributed by atoms with van der Waals surface area (Å²) < 4.78 is 29.8. The van der Waals surface area contributed by atoms with Crippen LogP contribution in [0.5, 0.6) is 23.0 Å². The minimum atomic E-state index is -0.805. The fourth-order valence-corrected chi connectivity index (χ4v) is 5.57. The molecular weight excluding hydrogens is 602 g/mol. The van der Waals surface area contributed by atoms with Crippen molar-refractivity contribution in [2.75, 3.05) is 34.0 Å². The monoisotopic (exact) mass is 627 g/mol. The highest BCUT2D eigenvalue weighted by Gasteiger charge is 2.31. The van der Waals surface area contributed by atoms with Crippen molar-refractivity contribution >= 4 is 39.3 Å². The molecule has 0 N–H and O–H groups in total. The van der Waals surface area contributed by atoms with Gasteiger partial charge < -0.3 is 23.7 Å². The second kappa shape index (κ2) is 12.8. The number of nitrogens with zero attached hydrogens (tertiary/aromatic N) is 3. The van der Waals surface area contributed by atoms with Crippen LogP contribution < -0.4 is 33.8 Å². The maximum atomic E-state index is 13.9. The molecule has 12 heteroatoms. The molecule has 0 unspecified atom stereocenters. The lowest BCUT2D eigenvalue weighted by Crippen LogP contribution is -2.39. The van der Waals surface area contributed by atoms with E-state index in [9.17, 15) is 9.59 Å². The summed E-state index contributed by atoms with van der Waals surface area (Å²) in [7, 11) is 2.77. The first-order valence-electron chi connectivity index (χ1n) is 12.2. The van der Waals surface area contributed by atoms with E-state index in [-0.39, 0.29) is 17.7 Å². The van der Waals surface area contributed by atoms with E-state index in [0.717, 1.165) is 0 Å². The van der Waals surface area contributed by atoms with Crippen LogP contribution in [-0.4, -0.2) is 44.6 Å². The maximum absolute atomic E-state index is 13.9. The molecule has 4 rings (SSSR count). The lowest BCUT2D eigenvalue weighted by Gasteiger charge is -2.23. The highest BCUT2D eigenvalue weighted by atomic mass is 79.9. The summed E-state index contributed by atoms with van der Waals surface area (Å²) in [6.07, 6.45) is 3.13. The van der Waals surface area contributed by atoms with Crippen molar-refractivity contribution in [3.8, 4) is 29.1 Å². The molecule has 40 heavy (non-hydrogen) atoms. The number of esters is 1. The van der Waals surface area contributed by atoms with Crippen molar-refractivity contribution in [1.82, 2.24) is 4.57 Å². The van der Waals surface area contributed by atoms with Crippen molar-refractivity contribution in [3.63, 3.8) is 0 Å². The summed E-state index contributed by atoms with van der Waals surface area (Å²) in [6, 6.07) is 9.81. The molecule has 1 aliphatic rings. The zero-order chi connectivity index (χ0) is 28.8. The molecule has 0 amide bonds. The summed E-state index contributed by atoms with van der Waals surface area (Å²) in [5, 5.41) is 8.85. The van der Waals surface area contributed by atoms with Gasteiger partial charge in [-0.15, -0.1) is 0 Å². The Morgan fingerprint density at radius 2 is 1.82 bits per heavy atom. The van der Waals surface area contributed by atoms with Gasteiger partial charge >= 0.3 is 5.97 Å². The summed E-state index contributed by atoms with van der Waals surface area (Å²) >= 11 is 4.69. The van der Waals surface area contributed by atoms with E-state index in [0.29, 0.717) is 61.1 Å². The molecule has 0 saturated heterocycles. The van der Waals surface area contributed by atoms with Gasteiger partial charge in [0.05, 0.1) is 43.6 Å². The lowest BCUT2D eigenvalue weighted by atomic mass is 9.97. The van der Waals surface area contributed by atoms with Crippen LogP contribution >= 0.6 is 27.3 Å². The van der Waals surface area contributed by atoms with Crippen LogP contribution in [0, 0.1) is 11.3 Å². The number of carbonyl (C=O) groups excluding carboxylic acids is 1. The molecule has 3 aromatic rings. The van der Waals surface area contributed by atoms with E-state index >= 15 is 0 Å². The smallest absolute Gasteiger partial charge is 0.337 e. The van der Waals surface area contributed by atoms with Crippen LogP contribution in [0.15, 0.2) is 56.4 Å². The first kappa shape index (κ1) is 28.9. The van der Waals surface area contributed by atoms with Gasteiger partial charge in [0.25, 0.3) is 5.56 Å². The van der Waals surface area contributed by atoms with Crippen LogP contribution in [0.3, 0.4) is 0 Å². The summed E-state index contributed by atoms with van der Waals surface area (Å²) in [5.74, 6) is 1.25. The first-order valence-corrected chi connectivity index (χ1v) is 13.8. The van der Waals surface area contributed by atoms with Crippen LogP contribution in [0.25, 0.3) is 6.08 Å². The number of hydrogen-bond donors (Lipinski definition) is 0. The van der Waals surface area contributed by atoms with Gasteiger partial charge in [-0.05, 0) is 55.3 Å². The second-order valence-electron chi connectivity index (χ2n) is 8.22. The van der Waals surface area contributed by atoms with Crippen molar-refractivity contribution in [2.24, 2.45) is 4.99 Å². The molecule has 0 bridgehead atoms. The van der Waals surface area contributed by atoms with Crippen LogP contribution in [-0.2, 0) is 9.53 Å². The number of aromatic nitrogens is 1. The number of thiazole rings is 1. The van der Waals surface area contributed by atoms with Gasteiger partial charge in [0.2, 0.25) is 0 Å². The third-order valence-corrected chi connectivity index (χ3v) is 7.55. The molecule has 10 nitrogen and oxygen atoms in total. The number of ether oxygens (including phenoxy) is 5. The Kier molecular flexibility index (Phi) is 9.29. The molecule has 0 spiro atoms. The molecule has 0 fully saturated rings. The topological polar surface area (TPSA) is 121 Å². The minimum Gasteiger partial charge on any atom is -0.493 e. The zero-order valence-corrected chi connectivity index (χ0v) is 24.6. The first-order chi connectivity index (χ1) is 19.4. The minimum absolute atomic E-state index is 0.139. The molecule has 2 aromatic carbocycles.